The van der Waals surface area contributed by atoms with Crippen LogP contribution in [0.4, 0.5) is 13.2 Å². The van der Waals surface area contributed by atoms with Crippen molar-refractivity contribution in [2.24, 2.45) is 0 Å². The molecule has 29 heavy (non-hydrogen) atoms. The predicted molar refractivity (Wildman–Crippen MR) is 108 cm³/mol. The second-order valence-electron chi connectivity index (χ2n) is 6.16. The van der Waals surface area contributed by atoms with Crippen LogP contribution < -0.4 is 0 Å². The van der Waals surface area contributed by atoms with Crippen molar-refractivity contribution in [2.45, 2.75) is 17.6 Å². The number of rotatable bonds is 4. The molecule has 1 fully saturated rings. The number of hydrogen-bond donors (Lipinski definition) is 0. The molecule has 3 rings (SSSR count). The third kappa shape index (κ3) is 5.03. The summed E-state index contributed by atoms with van der Waals surface area (Å²) in [6.07, 6.45) is -0.868. The largest absolute Gasteiger partial charge is 0.433 e. The Labute approximate surface area is 174 Å². The molecule has 0 bridgehead atoms. The Bertz CT molecular complexity index is 1110. The maximum Gasteiger partial charge on any atom is 0.433 e. The number of alkyl halides is 3. The van der Waals surface area contributed by atoms with Crippen LogP contribution in [-0.2, 0) is 27.4 Å². The molecule has 11 heteroatoms. The fourth-order valence-corrected chi connectivity index (χ4v) is 4.42. The van der Waals surface area contributed by atoms with E-state index in [1.165, 1.54) is 29.2 Å². The van der Waals surface area contributed by atoms with Crippen LogP contribution in [0.2, 0.25) is 0 Å². The van der Waals surface area contributed by atoms with Gasteiger partial charge in [0.25, 0.3) is 5.91 Å². The summed E-state index contributed by atoms with van der Waals surface area (Å²) in [6, 6.07) is 8.21. The Morgan fingerprint density at radius 1 is 1.24 bits per heavy atom. The molecule has 1 aliphatic rings. The summed E-state index contributed by atoms with van der Waals surface area (Å²) in [5, 5.41) is 0. The van der Waals surface area contributed by atoms with Gasteiger partial charge >= 0.3 is 6.18 Å². The summed E-state index contributed by atoms with van der Waals surface area (Å²) in [6.45, 7) is -0.0173. The lowest BCUT2D eigenvalue weighted by molar-refractivity contribution is -0.141. The zero-order valence-electron chi connectivity index (χ0n) is 14.8. The van der Waals surface area contributed by atoms with Crippen molar-refractivity contribution >= 4 is 50.1 Å². The minimum absolute atomic E-state index is 0.0173. The third-order valence-electron chi connectivity index (χ3n) is 3.91. The number of thiocarbonyl (C=S) groups is 1. The van der Waals surface area contributed by atoms with Crippen LogP contribution in [-0.4, -0.2) is 34.8 Å². The van der Waals surface area contributed by atoms with Gasteiger partial charge < -0.3 is 0 Å². The standard InChI is InChI=1S/C18H13F3N2O3S3/c1-29(25,26)13-4-2-3-11(7-13)8-14-16(24)23(17(27)28-14)10-12-5-6-15(22-9-12)18(19,20)21/h2-9H,10H2,1H3/b14-8-. The second kappa shape index (κ2) is 7.88. The van der Waals surface area contributed by atoms with E-state index in [0.717, 1.165) is 30.3 Å². The summed E-state index contributed by atoms with van der Waals surface area (Å²) in [4.78, 5) is 17.7. The molecule has 0 atom stereocenters. The number of thioether (sulfide) groups is 1. The molecule has 2 aromatic rings. The van der Waals surface area contributed by atoms with Gasteiger partial charge in [0.2, 0.25) is 0 Å². The van der Waals surface area contributed by atoms with Crippen molar-refractivity contribution in [3.63, 3.8) is 0 Å². The minimum atomic E-state index is -4.54. The number of amides is 1. The molecule has 0 saturated carbocycles. The highest BCUT2D eigenvalue weighted by Crippen LogP contribution is 2.34. The predicted octanol–water partition coefficient (Wildman–Crippen LogP) is 3.91. The summed E-state index contributed by atoms with van der Waals surface area (Å²) in [7, 11) is -3.39. The van der Waals surface area contributed by atoms with Crippen LogP contribution in [0.3, 0.4) is 0 Å². The second-order valence-corrected chi connectivity index (χ2v) is 9.85. The van der Waals surface area contributed by atoms with Gasteiger partial charge in [-0.1, -0.05) is 42.2 Å². The van der Waals surface area contributed by atoms with Gasteiger partial charge in [0.05, 0.1) is 16.3 Å². The molecule has 1 aromatic carbocycles. The number of nitrogens with zero attached hydrogens (tertiary/aromatic N) is 2. The Morgan fingerprint density at radius 2 is 1.97 bits per heavy atom. The highest BCUT2D eigenvalue weighted by atomic mass is 32.2. The average molecular weight is 459 g/mol. The van der Waals surface area contributed by atoms with Crippen LogP contribution in [0.25, 0.3) is 6.08 Å². The molecule has 0 unspecified atom stereocenters. The molecule has 1 aliphatic heterocycles. The van der Waals surface area contributed by atoms with Crippen molar-refractivity contribution in [1.29, 1.82) is 0 Å². The number of hydrogen-bond acceptors (Lipinski definition) is 6. The van der Waals surface area contributed by atoms with Gasteiger partial charge in [-0.15, -0.1) is 0 Å². The van der Waals surface area contributed by atoms with E-state index >= 15 is 0 Å². The van der Waals surface area contributed by atoms with Crippen molar-refractivity contribution in [3.8, 4) is 0 Å². The first-order valence-corrected chi connectivity index (χ1v) is 11.1. The van der Waals surface area contributed by atoms with E-state index in [1.54, 1.807) is 12.1 Å². The van der Waals surface area contributed by atoms with Crippen molar-refractivity contribution in [3.05, 3.63) is 64.3 Å². The topological polar surface area (TPSA) is 67.3 Å². The molecule has 0 N–H and O–H groups in total. The van der Waals surface area contributed by atoms with E-state index in [1.807, 2.05) is 0 Å². The zero-order chi connectivity index (χ0) is 21.4. The molecule has 0 aliphatic carbocycles. The zero-order valence-corrected chi connectivity index (χ0v) is 17.3. The number of benzene rings is 1. The maximum absolute atomic E-state index is 12.7. The number of halogens is 3. The molecule has 1 aromatic heterocycles. The van der Waals surface area contributed by atoms with Crippen LogP contribution in [0.1, 0.15) is 16.8 Å². The third-order valence-corrected chi connectivity index (χ3v) is 6.40. The number of pyridine rings is 1. The molecule has 5 nitrogen and oxygen atoms in total. The molecule has 0 spiro atoms. The fraction of sp³-hybridized carbons (Fsp3) is 0.167. The highest BCUT2D eigenvalue weighted by molar-refractivity contribution is 8.26. The number of aromatic nitrogens is 1. The molecular formula is C18H13F3N2O3S3. The smallest absolute Gasteiger partial charge is 0.288 e. The lowest BCUT2D eigenvalue weighted by atomic mass is 10.2. The number of sulfone groups is 1. The summed E-state index contributed by atoms with van der Waals surface area (Å²) < 4.78 is 61.5. The lowest BCUT2D eigenvalue weighted by Gasteiger charge is -2.14. The Hall–Kier alpha value is -2.24. The summed E-state index contributed by atoms with van der Waals surface area (Å²) >= 11 is 6.25. The van der Waals surface area contributed by atoms with Gasteiger partial charge in [-0.25, -0.2) is 8.42 Å². The molecule has 2 heterocycles. The maximum atomic E-state index is 12.7. The lowest BCUT2D eigenvalue weighted by Crippen LogP contribution is -2.27. The van der Waals surface area contributed by atoms with E-state index in [9.17, 15) is 26.4 Å². The van der Waals surface area contributed by atoms with Gasteiger partial charge in [-0.05, 0) is 35.4 Å². The first-order chi connectivity index (χ1) is 13.4. The highest BCUT2D eigenvalue weighted by Gasteiger charge is 2.34. The SMILES string of the molecule is CS(=O)(=O)c1cccc(/C=C2\SC(=S)N(Cc3ccc(C(F)(F)F)nc3)C2=O)c1. The van der Waals surface area contributed by atoms with E-state index < -0.39 is 27.6 Å². The van der Waals surface area contributed by atoms with E-state index in [4.69, 9.17) is 12.2 Å². The monoisotopic (exact) mass is 458 g/mol. The molecule has 1 saturated heterocycles. The van der Waals surface area contributed by atoms with Crippen LogP contribution >= 0.6 is 24.0 Å². The van der Waals surface area contributed by atoms with Gasteiger partial charge in [-0.3, -0.25) is 14.7 Å². The molecule has 0 radical (unpaired) electrons. The van der Waals surface area contributed by atoms with E-state index in [0.29, 0.717) is 16.0 Å². The van der Waals surface area contributed by atoms with Crippen molar-refractivity contribution < 1.29 is 26.4 Å². The van der Waals surface area contributed by atoms with Crippen LogP contribution in [0.15, 0.2) is 52.4 Å². The molecular weight excluding hydrogens is 445 g/mol. The fourth-order valence-electron chi connectivity index (χ4n) is 2.49. The van der Waals surface area contributed by atoms with Gasteiger partial charge in [-0.2, -0.15) is 13.2 Å². The van der Waals surface area contributed by atoms with Gasteiger partial charge in [0.15, 0.2) is 9.84 Å². The van der Waals surface area contributed by atoms with Crippen molar-refractivity contribution in [1.82, 2.24) is 9.88 Å². The summed E-state index contributed by atoms with van der Waals surface area (Å²) in [5.74, 6) is -0.412. The first-order valence-electron chi connectivity index (χ1n) is 8.03. The first kappa shape index (κ1) is 21.5. The molecule has 152 valence electrons. The number of carbonyl (C=O) groups is 1. The Morgan fingerprint density at radius 3 is 2.55 bits per heavy atom. The van der Waals surface area contributed by atoms with E-state index in [-0.39, 0.29) is 15.8 Å². The quantitative estimate of drug-likeness (QED) is 0.511. The van der Waals surface area contributed by atoms with Gasteiger partial charge in [0, 0.05) is 12.5 Å². The van der Waals surface area contributed by atoms with E-state index in [2.05, 4.69) is 4.98 Å². The molecule has 1 amide bonds. The normalized spacial score (nSPS) is 16.7. The Balaban J connectivity index is 1.80. The van der Waals surface area contributed by atoms with Gasteiger partial charge in [0.1, 0.15) is 10.0 Å². The van der Waals surface area contributed by atoms with Crippen LogP contribution in [0, 0.1) is 0 Å². The van der Waals surface area contributed by atoms with Crippen molar-refractivity contribution in [2.75, 3.05) is 6.26 Å². The number of carbonyl (C=O) groups excluding carboxylic acids is 1. The van der Waals surface area contributed by atoms with Crippen LogP contribution in [0.5, 0.6) is 0 Å². The average Bonchev–Trinajstić information content (AvgIpc) is 2.88. The minimum Gasteiger partial charge on any atom is -0.288 e. The Kier molecular flexibility index (Phi) is 5.84. The summed E-state index contributed by atoms with van der Waals surface area (Å²) in [5.41, 5.74) is -0.100.